The molecule has 0 atom stereocenters. The topological polar surface area (TPSA) is 47.0 Å². The third kappa shape index (κ3) is 2.78. The fourth-order valence-corrected chi connectivity index (χ4v) is 2.37. The highest BCUT2D eigenvalue weighted by Gasteiger charge is 2.07. The number of H-pyrrole nitrogens is 1. The number of nitrogens with one attached hydrogen (secondary N) is 1. The Morgan fingerprint density at radius 3 is 2.33 bits per heavy atom. The molecular formula is C16H13BrN2O2. The highest BCUT2D eigenvalue weighted by molar-refractivity contribution is 9.10. The summed E-state index contributed by atoms with van der Waals surface area (Å²) in [6.45, 7) is 0. The Kier molecular flexibility index (Phi) is 3.66. The predicted molar refractivity (Wildman–Crippen MR) is 86.1 cm³/mol. The van der Waals surface area contributed by atoms with Crippen LogP contribution in [0.5, 0.6) is 5.75 Å². The molecule has 0 bridgehead atoms. The van der Waals surface area contributed by atoms with Crippen LogP contribution in [0.15, 0.2) is 64.0 Å². The smallest absolute Gasteiger partial charge is 0.330 e. The number of methoxy groups -OCH3 is 1. The molecule has 0 spiro atoms. The van der Waals surface area contributed by atoms with Crippen molar-refractivity contribution in [3.63, 3.8) is 0 Å². The summed E-state index contributed by atoms with van der Waals surface area (Å²) in [7, 11) is 1.63. The van der Waals surface area contributed by atoms with Crippen LogP contribution in [0.4, 0.5) is 0 Å². The van der Waals surface area contributed by atoms with Crippen LogP contribution in [0.2, 0.25) is 0 Å². The molecule has 0 aliphatic carbocycles. The molecule has 4 nitrogen and oxygen atoms in total. The van der Waals surface area contributed by atoms with Gasteiger partial charge in [0, 0.05) is 10.7 Å². The van der Waals surface area contributed by atoms with Gasteiger partial charge in [-0.1, -0.05) is 15.9 Å². The van der Waals surface area contributed by atoms with Gasteiger partial charge < -0.3 is 9.72 Å². The third-order valence-electron chi connectivity index (χ3n) is 3.22. The third-order valence-corrected chi connectivity index (χ3v) is 3.75. The Morgan fingerprint density at radius 2 is 1.71 bits per heavy atom. The minimum absolute atomic E-state index is 0.164. The standard InChI is InChI=1S/C16H13BrN2O2/c1-21-14-8-2-11(3-9-14)15-10-19(16(20)18-15)13-6-4-12(17)5-7-13/h2-10H,1H3,(H,18,20). The van der Waals surface area contributed by atoms with E-state index >= 15 is 0 Å². The molecule has 1 aromatic heterocycles. The SMILES string of the molecule is COc1ccc(-c2cn(-c3ccc(Br)cc3)c(=O)[nH]2)cc1. The molecule has 5 heteroatoms. The van der Waals surface area contributed by atoms with Crippen molar-refractivity contribution in [1.29, 1.82) is 0 Å². The Bertz CT molecular complexity index is 802. The van der Waals surface area contributed by atoms with Gasteiger partial charge in [0.25, 0.3) is 0 Å². The number of benzene rings is 2. The molecule has 3 rings (SSSR count). The number of ether oxygens (including phenoxy) is 1. The molecule has 0 amide bonds. The average molecular weight is 345 g/mol. The maximum atomic E-state index is 12.1. The Balaban J connectivity index is 2.00. The zero-order valence-corrected chi connectivity index (χ0v) is 12.9. The number of aromatic nitrogens is 2. The molecule has 0 radical (unpaired) electrons. The van der Waals surface area contributed by atoms with Gasteiger partial charge in [0.05, 0.1) is 18.5 Å². The first-order valence-corrected chi connectivity index (χ1v) is 7.19. The monoisotopic (exact) mass is 344 g/mol. The minimum Gasteiger partial charge on any atom is -0.497 e. The quantitative estimate of drug-likeness (QED) is 0.788. The maximum Gasteiger partial charge on any atom is 0.330 e. The summed E-state index contributed by atoms with van der Waals surface area (Å²) in [6.07, 6.45) is 1.80. The fraction of sp³-hybridized carbons (Fsp3) is 0.0625. The summed E-state index contributed by atoms with van der Waals surface area (Å²) in [5, 5.41) is 0. The molecule has 106 valence electrons. The Hall–Kier alpha value is -2.27. The minimum atomic E-state index is -0.164. The van der Waals surface area contributed by atoms with E-state index in [2.05, 4.69) is 20.9 Å². The molecule has 21 heavy (non-hydrogen) atoms. The highest BCUT2D eigenvalue weighted by atomic mass is 79.9. The summed E-state index contributed by atoms with van der Waals surface area (Å²) < 4.78 is 7.70. The zero-order chi connectivity index (χ0) is 14.8. The van der Waals surface area contributed by atoms with Gasteiger partial charge in [0.2, 0.25) is 0 Å². The molecule has 1 N–H and O–H groups in total. The number of imidazole rings is 1. The number of rotatable bonds is 3. The summed E-state index contributed by atoms with van der Waals surface area (Å²) >= 11 is 3.38. The van der Waals surface area contributed by atoms with Gasteiger partial charge in [0.1, 0.15) is 5.75 Å². The van der Waals surface area contributed by atoms with Gasteiger partial charge >= 0.3 is 5.69 Å². The van der Waals surface area contributed by atoms with E-state index in [0.717, 1.165) is 27.2 Å². The lowest BCUT2D eigenvalue weighted by Crippen LogP contribution is -2.13. The number of aromatic amines is 1. The van der Waals surface area contributed by atoms with E-state index < -0.39 is 0 Å². The van der Waals surface area contributed by atoms with Crippen LogP contribution in [0.1, 0.15) is 0 Å². The second-order valence-electron chi connectivity index (χ2n) is 4.55. The van der Waals surface area contributed by atoms with Gasteiger partial charge in [-0.25, -0.2) is 4.79 Å². The first kappa shape index (κ1) is 13.7. The largest absolute Gasteiger partial charge is 0.497 e. The van der Waals surface area contributed by atoms with Gasteiger partial charge in [-0.05, 0) is 54.1 Å². The molecule has 3 aromatic rings. The molecule has 0 aliphatic rings. The van der Waals surface area contributed by atoms with E-state index in [-0.39, 0.29) is 5.69 Å². The second kappa shape index (κ2) is 5.61. The first-order chi connectivity index (χ1) is 10.2. The normalized spacial score (nSPS) is 10.6. The summed E-state index contributed by atoms with van der Waals surface area (Å²) in [5.74, 6) is 0.786. The van der Waals surface area contributed by atoms with E-state index in [9.17, 15) is 4.79 Å². The van der Waals surface area contributed by atoms with Gasteiger partial charge in [-0.3, -0.25) is 4.57 Å². The maximum absolute atomic E-state index is 12.1. The van der Waals surface area contributed by atoms with Crippen LogP contribution in [0.3, 0.4) is 0 Å². The van der Waals surface area contributed by atoms with E-state index in [0.29, 0.717) is 0 Å². The number of hydrogen-bond donors (Lipinski definition) is 1. The van der Waals surface area contributed by atoms with Gasteiger partial charge in [-0.15, -0.1) is 0 Å². The van der Waals surface area contributed by atoms with Crippen molar-refractivity contribution in [3.8, 4) is 22.7 Å². The average Bonchev–Trinajstić information content (AvgIpc) is 2.90. The second-order valence-corrected chi connectivity index (χ2v) is 5.46. The Labute approximate surface area is 130 Å². The van der Waals surface area contributed by atoms with Gasteiger partial charge in [-0.2, -0.15) is 0 Å². The lowest BCUT2D eigenvalue weighted by Gasteiger charge is -2.01. The summed E-state index contributed by atoms with van der Waals surface area (Å²) in [6, 6.07) is 15.1. The van der Waals surface area contributed by atoms with Crippen LogP contribution in [-0.2, 0) is 0 Å². The molecule has 0 saturated carbocycles. The summed E-state index contributed by atoms with van der Waals surface area (Å²) in [4.78, 5) is 15.0. The van der Waals surface area contributed by atoms with Crippen molar-refractivity contribution >= 4 is 15.9 Å². The molecule has 0 aliphatic heterocycles. The number of hydrogen-bond acceptors (Lipinski definition) is 2. The number of nitrogens with zero attached hydrogens (tertiary/aromatic N) is 1. The zero-order valence-electron chi connectivity index (χ0n) is 11.3. The van der Waals surface area contributed by atoms with Gasteiger partial charge in [0.15, 0.2) is 0 Å². The molecular weight excluding hydrogens is 332 g/mol. The van der Waals surface area contributed by atoms with Crippen LogP contribution >= 0.6 is 15.9 Å². The molecule has 0 fully saturated rings. The van der Waals surface area contributed by atoms with Crippen LogP contribution in [-0.4, -0.2) is 16.7 Å². The van der Waals surface area contributed by atoms with Crippen LogP contribution < -0.4 is 10.4 Å². The predicted octanol–water partition coefficient (Wildman–Crippen LogP) is 3.60. The van der Waals surface area contributed by atoms with Crippen molar-refractivity contribution in [2.45, 2.75) is 0 Å². The van der Waals surface area contributed by atoms with E-state index in [1.807, 2.05) is 48.5 Å². The van der Waals surface area contributed by atoms with E-state index in [1.54, 1.807) is 17.9 Å². The van der Waals surface area contributed by atoms with Crippen molar-refractivity contribution in [2.75, 3.05) is 7.11 Å². The fourth-order valence-electron chi connectivity index (χ4n) is 2.11. The molecule has 2 aromatic carbocycles. The van der Waals surface area contributed by atoms with Crippen molar-refractivity contribution < 1.29 is 4.74 Å². The van der Waals surface area contributed by atoms with Crippen molar-refractivity contribution in [1.82, 2.24) is 9.55 Å². The highest BCUT2D eigenvalue weighted by Crippen LogP contribution is 2.21. The van der Waals surface area contributed by atoms with Crippen molar-refractivity contribution in [3.05, 3.63) is 69.7 Å². The molecule has 1 heterocycles. The lowest BCUT2D eigenvalue weighted by molar-refractivity contribution is 0.415. The van der Waals surface area contributed by atoms with Crippen molar-refractivity contribution in [2.24, 2.45) is 0 Å². The number of halogens is 1. The Morgan fingerprint density at radius 1 is 1.05 bits per heavy atom. The van der Waals surface area contributed by atoms with Crippen LogP contribution in [0.25, 0.3) is 16.9 Å². The first-order valence-electron chi connectivity index (χ1n) is 6.39. The lowest BCUT2D eigenvalue weighted by atomic mass is 10.1. The van der Waals surface area contributed by atoms with Crippen LogP contribution in [0, 0.1) is 0 Å². The molecule has 0 saturated heterocycles. The molecule has 0 unspecified atom stereocenters. The summed E-state index contributed by atoms with van der Waals surface area (Å²) in [5.41, 5.74) is 2.36. The van der Waals surface area contributed by atoms with E-state index in [4.69, 9.17) is 4.74 Å². The van der Waals surface area contributed by atoms with E-state index in [1.165, 1.54) is 0 Å².